The first-order valence-electron chi connectivity index (χ1n) is 7.63. The molecule has 21 heavy (non-hydrogen) atoms. The number of rotatable bonds is 7. The number of nitrogens with two attached hydrogens (primary N) is 1. The van der Waals surface area contributed by atoms with Crippen molar-refractivity contribution in [3.8, 4) is 5.75 Å². The minimum atomic E-state index is -0.166. The van der Waals surface area contributed by atoms with Crippen LogP contribution >= 0.6 is 0 Å². The van der Waals surface area contributed by atoms with Crippen molar-refractivity contribution in [2.75, 3.05) is 0 Å². The number of hydrogen-bond donors (Lipinski definition) is 1. The normalized spacial score (nSPS) is 13.9. The Kier molecular flexibility index (Phi) is 5.39. The van der Waals surface area contributed by atoms with Gasteiger partial charge in [-0.1, -0.05) is 32.4 Å². The zero-order valence-electron chi connectivity index (χ0n) is 13.1. The van der Waals surface area contributed by atoms with E-state index in [2.05, 4.69) is 31.1 Å². The highest BCUT2D eigenvalue weighted by Crippen LogP contribution is 2.25. The van der Waals surface area contributed by atoms with Crippen molar-refractivity contribution in [3.63, 3.8) is 0 Å². The molecule has 0 amide bonds. The van der Waals surface area contributed by atoms with Crippen LogP contribution < -0.4 is 10.5 Å². The molecule has 2 aromatic rings. The monoisotopic (exact) mass is 287 g/mol. The Morgan fingerprint density at radius 2 is 1.95 bits per heavy atom. The van der Waals surface area contributed by atoms with E-state index in [0.717, 1.165) is 30.6 Å². The summed E-state index contributed by atoms with van der Waals surface area (Å²) in [6.07, 6.45) is 6.73. The second kappa shape index (κ2) is 7.27. The molecule has 0 aliphatic rings. The number of hydrogen-bond acceptors (Lipinski definition) is 3. The van der Waals surface area contributed by atoms with Gasteiger partial charge >= 0.3 is 0 Å². The Hall–Kier alpha value is -1.81. The Bertz CT molecular complexity index is 547. The van der Waals surface area contributed by atoms with Crippen molar-refractivity contribution in [3.05, 3.63) is 47.8 Å². The van der Waals surface area contributed by atoms with Crippen LogP contribution in [0.25, 0.3) is 0 Å². The molecule has 0 spiro atoms. The topological polar surface area (TPSA) is 53.1 Å². The van der Waals surface area contributed by atoms with Crippen LogP contribution in [0.5, 0.6) is 5.75 Å². The fourth-order valence-electron chi connectivity index (χ4n) is 2.37. The van der Waals surface area contributed by atoms with Crippen molar-refractivity contribution in [1.82, 2.24) is 9.78 Å². The first kappa shape index (κ1) is 15.6. The smallest absolute Gasteiger partial charge is 0.142 e. The molecular formula is C17H25N3O. The molecule has 0 radical (unpaired) electrons. The van der Waals surface area contributed by atoms with Gasteiger partial charge in [0.1, 0.15) is 11.9 Å². The van der Waals surface area contributed by atoms with Gasteiger partial charge in [0.15, 0.2) is 0 Å². The van der Waals surface area contributed by atoms with Crippen molar-refractivity contribution < 1.29 is 4.74 Å². The minimum Gasteiger partial charge on any atom is -0.484 e. The summed E-state index contributed by atoms with van der Waals surface area (Å²) in [4.78, 5) is 0. The highest BCUT2D eigenvalue weighted by Gasteiger charge is 2.22. The first-order chi connectivity index (χ1) is 10.1. The van der Waals surface area contributed by atoms with E-state index in [9.17, 15) is 0 Å². The third-order valence-corrected chi connectivity index (χ3v) is 3.64. The van der Waals surface area contributed by atoms with Gasteiger partial charge in [-0.15, -0.1) is 0 Å². The van der Waals surface area contributed by atoms with Gasteiger partial charge in [0.05, 0.1) is 6.20 Å². The molecule has 114 valence electrons. The third kappa shape index (κ3) is 4.08. The quantitative estimate of drug-likeness (QED) is 0.850. The van der Waals surface area contributed by atoms with Gasteiger partial charge in [0.25, 0.3) is 0 Å². The lowest BCUT2D eigenvalue weighted by atomic mass is 10.0. The number of aryl methyl sites for hydroxylation is 2. The van der Waals surface area contributed by atoms with Gasteiger partial charge in [-0.3, -0.25) is 4.68 Å². The van der Waals surface area contributed by atoms with Crippen molar-refractivity contribution in [1.29, 1.82) is 0 Å². The van der Waals surface area contributed by atoms with Gasteiger partial charge in [-0.05, 0) is 30.5 Å². The highest BCUT2D eigenvalue weighted by atomic mass is 16.5. The summed E-state index contributed by atoms with van der Waals surface area (Å²) in [6, 6.07) is 8.24. The van der Waals surface area contributed by atoms with E-state index in [4.69, 9.17) is 10.5 Å². The standard InChI is InChI=1S/C17H25N3O/c1-4-6-13-7-9-15(10-8-13)21-17(16(18)5-2)14-11-19-20(3)12-14/h7-12,16-17H,4-6,18H2,1-3H3. The van der Waals surface area contributed by atoms with Crippen LogP contribution in [0.15, 0.2) is 36.7 Å². The summed E-state index contributed by atoms with van der Waals surface area (Å²) in [5.74, 6) is 0.854. The van der Waals surface area contributed by atoms with Crippen LogP contribution in [0.2, 0.25) is 0 Å². The van der Waals surface area contributed by atoms with Crippen molar-refractivity contribution in [2.45, 2.75) is 45.3 Å². The molecule has 4 heteroatoms. The molecule has 0 bridgehead atoms. The van der Waals surface area contributed by atoms with Crippen molar-refractivity contribution in [2.24, 2.45) is 12.8 Å². The number of aromatic nitrogens is 2. The van der Waals surface area contributed by atoms with E-state index in [0.29, 0.717) is 0 Å². The lowest BCUT2D eigenvalue weighted by Gasteiger charge is -2.23. The Morgan fingerprint density at radius 3 is 2.48 bits per heavy atom. The lowest BCUT2D eigenvalue weighted by molar-refractivity contribution is 0.171. The summed E-state index contributed by atoms with van der Waals surface area (Å²) in [5, 5.41) is 4.22. The maximum Gasteiger partial charge on any atom is 0.142 e. The molecule has 0 aliphatic heterocycles. The average molecular weight is 287 g/mol. The summed E-state index contributed by atoms with van der Waals surface area (Å²) in [7, 11) is 1.90. The van der Waals surface area contributed by atoms with E-state index in [1.807, 2.05) is 31.6 Å². The van der Waals surface area contributed by atoms with Gasteiger partial charge in [-0.25, -0.2) is 0 Å². The molecule has 4 nitrogen and oxygen atoms in total. The van der Waals surface area contributed by atoms with Crippen LogP contribution in [0, 0.1) is 0 Å². The molecule has 2 N–H and O–H groups in total. The van der Waals surface area contributed by atoms with Crippen molar-refractivity contribution >= 4 is 0 Å². The van der Waals surface area contributed by atoms with E-state index in [-0.39, 0.29) is 12.1 Å². The fraction of sp³-hybridized carbons (Fsp3) is 0.471. The van der Waals surface area contributed by atoms with Gasteiger partial charge in [0.2, 0.25) is 0 Å². The molecule has 2 rings (SSSR count). The summed E-state index contributed by atoms with van der Waals surface area (Å²) in [5.41, 5.74) is 8.58. The Balaban J connectivity index is 2.15. The predicted molar refractivity (Wildman–Crippen MR) is 85.3 cm³/mol. The molecule has 0 aliphatic carbocycles. The molecule has 0 fully saturated rings. The highest BCUT2D eigenvalue weighted by molar-refractivity contribution is 5.28. The zero-order valence-corrected chi connectivity index (χ0v) is 13.1. The summed E-state index contributed by atoms with van der Waals surface area (Å²) >= 11 is 0. The zero-order chi connectivity index (χ0) is 15.2. The van der Waals surface area contributed by atoms with Gasteiger partial charge in [-0.2, -0.15) is 5.10 Å². The largest absolute Gasteiger partial charge is 0.484 e. The summed E-state index contributed by atoms with van der Waals surface area (Å²) < 4.78 is 7.90. The van der Waals surface area contributed by atoms with E-state index in [1.54, 1.807) is 4.68 Å². The third-order valence-electron chi connectivity index (χ3n) is 3.64. The van der Waals surface area contributed by atoms with Crippen LogP contribution in [0.1, 0.15) is 43.9 Å². The summed E-state index contributed by atoms with van der Waals surface area (Å²) in [6.45, 7) is 4.25. The Morgan fingerprint density at radius 1 is 1.24 bits per heavy atom. The molecule has 2 unspecified atom stereocenters. The maximum atomic E-state index is 6.22. The number of nitrogens with zero attached hydrogens (tertiary/aromatic N) is 2. The molecule has 1 aromatic heterocycles. The second-order valence-electron chi connectivity index (χ2n) is 5.45. The van der Waals surface area contributed by atoms with Crippen LogP contribution in [-0.2, 0) is 13.5 Å². The molecular weight excluding hydrogens is 262 g/mol. The SMILES string of the molecule is CCCc1ccc(OC(c2cnn(C)c2)C(N)CC)cc1. The van der Waals surface area contributed by atoms with Crippen LogP contribution in [-0.4, -0.2) is 15.8 Å². The molecule has 2 atom stereocenters. The fourth-order valence-corrected chi connectivity index (χ4v) is 2.37. The average Bonchev–Trinajstić information content (AvgIpc) is 2.92. The molecule has 0 saturated heterocycles. The number of benzene rings is 1. The van der Waals surface area contributed by atoms with Gasteiger partial charge in [0, 0.05) is 24.8 Å². The minimum absolute atomic E-state index is 0.0514. The first-order valence-corrected chi connectivity index (χ1v) is 7.63. The molecule has 0 saturated carbocycles. The van der Waals surface area contributed by atoms with Crippen LogP contribution in [0.4, 0.5) is 0 Å². The molecule has 1 heterocycles. The van der Waals surface area contributed by atoms with E-state index in [1.165, 1.54) is 5.56 Å². The maximum absolute atomic E-state index is 6.22. The molecule has 1 aromatic carbocycles. The second-order valence-corrected chi connectivity index (χ2v) is 5.45. The van der Waals surface area contributed by atoms with E-state index >= 15 is 0 Å². The van der Waals surface area contributed by atoms with E-state index < -0.39 is 0 Å². The van der Waals surface area contributed by atoms with Gasteiger partial charge < -0.3 is 10.5 Å². The Labute approximate surface area is 126 Å². The predicted octanol–water partition coefficient (Wildman–Crippen LogP) is 3.23. The lowest BCUT2D eigenvalue weighted by Crippen LogP contribution is -2.31. The number of ether oxygens (including phenoxy) is 1. The van der Waals surface area contributed by atoms with Crippen LogP contribution in [0.3, 0.4) is 0 Å².